The van der Waals surface area contributed by atoms with Gasteiger partial charge in [0, 0.05) is 34.9 Å². The van der Waals surface area contributed by atoms with E-state index in [-0.39, 0.29) is 11.9 Å². The lowest BCUT2D eigenvalue weighted by Gasteiger charge is -2.38. The zero-order chi connectivity index (χ0) is 25.6. The predicted molar refractivity (Wildman–Crippen MR) is 152 cm³/mol. The van der Waals surface area contributed by atoms with Crippen LogP contribution in [0.2, 0.25) is 0 Å². The summed E-state index contributed by atoms with van der Waals surface area (Å²) >= 11 is 0. The quantitative estimate of drug-likeness (QED) is 0.195. The topological polar surface area (TPSA) is 109 Å². The van der Waals surface area contributed by atoms with Crippen molar-refractivity contribution in [3.63, 3.8) is 0 Å². The van der Waals surface area contributed by atoms with E-state index in [1.54, 1.807) is 0 Å². The van der Waals surface area contributed by atoms with Gasteiger partial charge in [0.2, 0.25) is 0 Å². The second-order valence-corrected chi connectivity index (χ2v) is 11.2. The van der Waals surface area contributed by atoms with Gasteiger partial charge in [-0.05, 0) is 55.4 Å². The first-order chi connectivity index (χ1) is 18.1. The maximum atomic E-state index is 14.3. The molecular formula is C31H43N5O. The molecule has 2 atom stereocenters. The highest BCUT2D eigenvalue weighted by Crippen LogP contribution is 2.31. The van der Waals surface area contributed by atoms with Crippen molar-refractivity contribution in [2.45, 2.75) is 101 Å². The standard InChI is InChI=1S/C31H43N5O/c32-26-17-9-7-16-25(26)29(30(37)27(33)19-21-20-34-28-18-10-8-15-24(21)28)31(35-22-11-3-1-4-12-22)36-23-13-5-2-6-14-23/h7-10,15-18,20,22-23,27,29,31,34-36H,1-6,11-14,19,32-33H2. The lowest BCUT2D eigenvalue weighted by molar-refractivity contribution is -0.122. The number of ketones is 1. The van der Waals surface area contributed by atoms with Crippen molar-refractivity contribution in [1.29, 1.82) is 0 Å². The zero-order valence-corrected chi connectivity index (χ0v) is 21.9. The van der Waals surface area contributed by atoms with Crippen LogP contribution < -0.4 is 22.1 Å². The summed E-state index contributed by atoms with van der Waals surface area (Å²) in [5.41, 5.74) is 16.9. The molecule has 2 aromatic carbocycles. The minimum Gasteiger partial charge on any atom is -0.398 e. The van der Waals surface area contributed by atoms with Gasteiger partial charge in [0.05, 0.1) is 18.1 Å². The summed E-state index contributed by atoms with van der Waals surface area (Å²) in [6, 6.07) is 16.2. The number of nitrogen functional groups attached to an aromatic ring is 1. The van der Waals surface area contributed by atoms with E-state index in [0.717, 1.165) is 47.7 Å². The van der Waals surface area contributed by atoms with E-state index in [2.05, 4.69) is 27.8 Å². The van der Waals surface area contributed by atoms with Gasteiger partial charge in [0.1, 0.15) is 0 Å². The largest absolute Gasteiger partial charge is 0.398 e. The predicted octanol–water partition coefficient (Wildman–Crippen LogP) is 5.14. The van der Waals surface area contributed by atoms with E-state index >= 15 is 0 Å². The number of benzene rings is 2. The molecule has 2 aliphatic rings. The van der Waals surface area contributed by atoms with Crippen LogP contribution in [-0.4, -0.2) is 35.1 Å². The molecule has 6 heteroatoms. The van der Waals surface area contributed by atoms with Crippen molar-refractivity contribution >= 4 is 22.4 Å². The fraction of sp³-hybridized carbons (Fsp3) is 0.516. The van der Waals surface area contributed by atoms with Crippen LogP contribution in [0.1, 0.15) is 81.3 Å². The number of aromatic nitrogens is 1. The summed E-state index contributed by atoms with van der Waals surface area (Å²) in [7, 11) is 0. The first kappa shape index (κ1) is 26.0. The SMILES string of the molecule is Nc1ccccc1C(C(=O)C(N)Cc1c[nH]c2ccccc12)C(NC1CCCCC1)NC1CCCCC1. The molecule has 1 heterocycles. The third-order valence-corrected chi connectivity index (χ3v) is 8.49. The van der Waals surface area contributed by atoms with Crippen LogP contribution in [0.4, 0.5) is 5.69 Å². The van der Waals surface area contributed by atoms with E-state index in [9.17, 15) is 4.79 Å². The molecule has 6 nitrogen and oxygen atoms in total. The molecule has 37 heavy (non-hydrogen) atoms. The summed E-state index contributed by atoms with van der Waals surface area (Å²) in [6.07, 6.45) is 14.4. The number of anilines is 1. The van der Waals surface area contributed by atoms with Gasteiger partial charge in [-0.1, -0.05) is 74.9 Å². The Kier molecular flexibility index (Phi) is 8.59. The van der Waals surface area contributed by atoms with E-state index in [0.29, 0.717) is 24.2 Å². The summed E-state index contributed by atoms with van der Waals surface area (Å²) in [6.45, 7) is 0. The van der Waals surface area contributed by atoms with Crippen molar-refractivity contribution in [2.75, 3.05) is 5.73 Å². The van der Waals surface area contributed by atoms with Crippen LogP contribution in [0.3, 0.4) is 0 Å². The van der Waals surface area contributed by atoms with Gasteiger partial charge >= 0.3 is 0 Å². The van der Waals surface area contributed by atoms with E-state index < -0.39 is 12.0 Å². The molecular weight excluding hydrogens is 458 g/mol. The number of fused-ring (bicyclic) bond motifs is 1. The highest BCUT2D eigenvalue weighted by molar-refractivity contribution is 5.93. The highest BCUT2D eigenvalue weighted by Gasteiger charge is 2.37. The summed E-state index contributed by atoms with van der Waals surface area (Å²) in [4.78, 5) is 17.6. The number of H-pyrrole nitrogens is 1. The molecule has 7 N–H and O–H groups in total. The first-order valence-electron chi connectivity index (χ1n) is 14.3. The van der Waals surface area contributed by atoms with Gasteiger partial charge in [0.15, 0.2) is 5.78 Å². The second-order valence-electron chi connectivity index (χ2n) is 11.2. The molecule has 2 aliphatic carbocycles. The monoisotopic (exact) mass is 501 g/mol. The molecule has 1 aromatic heterocycles. The number of nitrogens with one attached hydrogen (secondary N) is 3. The maximum absolute atomic E-state index is 14.3. The Bertz CT molecular complexity index is 1140. The van der Waals surface area contributed by atoms with Gasteiger partial charge < -0.3 is 16.5 Å². The lowest BCUT2D eigenvalue weighted by atomic mass is 9.83. The summed E-state index contributed by atoms with van der Waals surface area (Å²) < 4.78 is 0. The minimum atomic E-state index is -0.632. The number of aromatic amines is 1. The first-order valence-corrected chi connectivity index (χ1v) is 14.3. The van der Waals surface area contributed by atoms with Gasteiger partial charge in [0.25, 0.3) is 0 Å². The van der Waals surface area contributed by atoms with Crippen LogP contribution in [0, 0.1) is 0 Å². The Hall–Kier alpha value is -2.67. The Morgan fingerprint density at radius 2 is 1.46 bits per heavy atom. The average molecular weight is 502 g/mol. The van der Waals surface area contributed by atoms with Crippen molar-refractivity contribution in [1.82, 2.24) is 15.6 Å². The molecule has 0 saturated heterocycles. The fourth-order valence-corrected chi connectivity index (χ4v) is 6.45. The van der Waals surface area contributed by atoms with Crippen molar-refractivity contribution in [3.8, 4) is 0 Å². The smallest absolute Gasteiger partial charge is 0.160 e. The molecule has 3 aromatic rings. The zero-order valence-electron chi connectivity index (χ0n) is 21.9. The van der Waals surface area contributed by atoms with E-state index in [4.69, 9.17) is 11.5 Å². The normalized spacial score (nSPS) is 19.3. The number of Topliss-reactive ketones (excluding diaryl/α,β-unsaturated/α-hetero) is 1. The molecule has 0 amide bonds. The highest BCUT2D eigenvalue weighted by atomic mass is 16.1. The number of carbonyl (C=O) groups is 1. The van der Waals surface area contributed by atoms with Gasteiger partial charge in [-0.3, -0.25) is 15.4 Å². The van der Waals surface area contributed by atoms with Gasteiger partial charge in [-0.2, -0.15) is 0 Å². The number of rotatable bonds is 10. The Balaban J connectivity index is 1.45. The van der Waals surface area contributed by atoms with E-state index in [1.165, 1.54) is 38.5 Å². The molecule has 0 spiro atoms. The summed E-state index contributed by atoms with van der Waals surface area (Å²) in [5.74, 6) is -0.412. The molecule has 0 bridgehead atoms. The van der Waals surface area contributed by atoms with Crippen LogP contribution in [-0.2, 0) is 11.2 Å². The number of para-hydroxylation sites is 2. The Morgan fingerprint density at radius 1 is 0.865 bits per heavy atom. The van der Waals surface area contributed by atoms with Gasteiger partial charge in [-0.15, -0.1) is 0 Å². The molecule has 0 radical (unpaired) electrons. The van der Waals surface area contributed by atoms with Crippen LogP contribution in [0.15, 0.2) is 54.7 Å². The summed E-state index contributed by atoms with van der Waals surface area (Å²) in [5, 5.41) is 8.93. The minimum absolute atomic E-state index is 0.0415. The van der Waals surface area contributed by atoms with Gasteiger partial charge in [-0.25, -0.2) is 0 Å². The fourth-order valence-electron chi connectivity index (χ4n) is 6.45. The average Bonchev–Trinajstić information content (AvgIpc) is 3.33. The third-order valence-electron chi connectivity index (χ3n) is 8.49. The third kappa shape index (κ3) is 6.25. The molecule has 0 aliphatic heterocycles. The van der Waals surface area contributed by atoms with Crippen molar-refractivity contribution in [2.24, 2.45) is 5.73 Å². The maximum Gasteiger partial charge on any atom is 0.160 e. The van der Waals surface area contributed by atoms with Crippen LogP contribution in [0.25, 0.3) is 10.9 Å². The van der Waals surface area contributed by atoms with Crippen LogP contribution >= 0.6 is 0 Å². The molecule has 2 fully saturated rings. The number of hydrogen-bond acceptors (Lipinski definition) is 5. The van der Waals surface area contributed by atoms with Crippen LogP contribution in [0.5, 0.6) is 0 Å². The van der Waals surface area contributed by atoms with Crippen molar-refractivity contribution < 1.29 is 4.79 Å². The Labute approximate surface area is 221 Å². The van der Waals surface area contributed by atoms with Crippen molar-refractivity contribution in [3.05, 3.63) is 65.9 Å². The number of carbonyl (C=O) groups excluding carboxylic acids is 1. The number of hydrogen-bond donors (Lipinski definition) is 5. The Morgan fingerprint density at radius 3 is 2.11 bits per heavy atom. The molecule has 5 rings (SSSR count). The lowest BCUT2D eigenvalue weighted by Crippen LogP contribution is -2.58. The number of nitrogens with two attached hydrogens (primary N) is 2. The molecule has 2 saturated carbocycles. The second kappa shape index (κ2) is 12.2. The molecule has 2 unspecified atom stereocenters. The van der Waals surface area contributed by atoms with E-state index in [1.807, 2.05) is 42.6 Å². The molecule has 198 valence electrons.